The predicted molar refractivity (Wildman–Crippen MR) is 48.9 cm³/mol. The molecule has 11 heavy (non-hydrogen) atoms. The summed E-state index contributed by atoms with van der Waals surface area (Å²) in [6.07, 6.45) is 2.05. The molecule has 2 heteroatoms. The third kappa shape index (κ3) is 1.70. The summed E-state index contributed by atoms with van der Waals surface area (Å²) in [6, 6.07) is 2.05. The van der Waals surface area contributed by atoms with Gasteiger partial charge in [-0.1, -0.05) is 13.0 Å². The lowest BCUT2D eigenvalue weighted by Crippen LogP contribution is -1.92. The topological polar surface area (TPSA) is 20.2 Å². The van der Waals surface area contributed by atoms with E-state index in [0.29, 0.717) is 0 Å². The molecule has 1 atom stereocenters. The summed E-state index contributed by atoms with van der Waals surface area (Å²) in [6.45, 7) is 5.63. The van der Waals surface area contributed by atoms with Crippen LogP contribution in [-0.2, 0) is 6.42 Å². The number of hydrogen-bond donors (Lipinski definition) is 1. The highest BCUT2D eigenvalue weighted by atomic mass is 32.1. The first-order valence-electron chi connectivity index (χ1n) is 3.66. The average molecular weight is 168 g/mol. The zero-order valence-electron chi connectivity index (χ0n) is 6.58. The summed E-state index contributed by atoms with van der Waals surface area (Å²) in [5.41, 5.74) is 1.22. The van der Waals surface area contributed by atoms with E-state index in [1.165, 1.54) is 5.56 Å². The Kier molecular flexibility index (Phi) is 2.85. The number of hydrogen-bond acceptors (Lipinski definition) is 2. The maximum atomic E-state index is 9.42. The number of thiophene rings is 1. The Morgan fingerprint density at radius 2 is 2.55 bits per heavy atom. The molecule has 1 aromatic heterocycles. The first-order chi connectivity index (χ1) is 5.29. The van der Waals surface area contributed by atoms with Crippen molar-refractivity contribution in [1.82, 2.24) is 0 Å². The Morgan fingerprint density at radius 3 is 3.09 bits per heavy atom. The smallest absolute Gasteiger partial charge is 0.106 e. The van der Waals surface area contributed by atoms with E-state index in [1.54, 1.807) is 17.4 Å². The largest absolute Gasteiger partial charge is 0.383 e. The lowest BCUT2D eigenvalue weighted by molar-refractivity contribution is 0.232. The van der Waals surface area contributed by atoms with Crippen LogP contribution in [0.4, 0.5) is 0 Å². The van der Waals surface area contributed by atoms with Crippen LogP contribution in [0.2, 0.25) is 0 Å². The van der Waals surface area contributed by atoms with Crippen LogP contribution in [0, 0.1) is 0 Å². The number of rotatable bonds is 3. The first-order valence-corrected chi connectivity index (χ1v) is 4.54. The maximum absolute atomic E-state index is 9.42. The van der Waals surface area contributed by atoms with Gasteiger partial charge in [-0.05, 0) is 23.4 Å². The zero-order chi connectivity index (χ0) is 8.27. The van der Waals surface area contributed by atoms with Crippen molar-refractivity contribution in [2.75, 3.05) is 0 Å². The molecule has 0 saturated heterocycles. The molecule has 0 radical (unpaired) electrons. The minimum absolute atomic E-state index is 0.482. The van der Waals surface area contributed by atoms with Crippen molar-refractivity contribution in [2.24, 2.45) is 0 Å². The lowest BCUT2D eigenvalue weighted by atomic mass is 10.1. The molecular weight excluding hydrogens is 156 g/mol. The van der Waals surface area contributed by atoms with Crippen LogP contribution in [0.15, 0.2) is 24.1 Å². The Morgan fingerprint density at radius 1 is 1.82 bits per heavy atom. The van der Waals surface area contributed by atoms with Crippen molar-refractivity contribution in [2.45, 2.75) is 19.4 Å². The van der Waals surface area contributed by atoms with E-state index < -0.39 is 6.10 Å². The Balaban J connectivity index is 2.91. The monoisotopic (exact) mass is 168 g/mol. The number of aliphatic hydroxyl groups excluding tert-OH is 1. The minimum Gasteiger partial charge on any atom is -0.383 e. The van der Waals surface area contributed by atoms with E-state index in [9.17, 15) is 5.11 Å². The summed E-state index contributed by atoms with van der Waals surface area (Å²) >= 11 is 1.59. The van der Waals surface area contributed by atoms with Crippen molar-refractivity contribution in [3.05, 3.63) is 34.5 Å². The molecule has 1 nitrogen and oxygen atoms in total. The molecule has 0 saturated carbocycles. The number of aryl methyl sites for hydroxylation is 1. The number of aliphatic hydroxyl groups is 1. The normalized spacial score (nSPS) is 12.9. The molecule has 1 unspecified atom stereocenters. The third-order valence-electron chi connectivity index (χ3n) is 1.65. The average Bonchev–Trinajstić information content (AvgIpc) is 2.50. The summed E-state index contributed by atoms with van der Waals surface area (Å²) in [4.78, 5) is 1.03. The van der Waals surface area contributed by atoms with Gasteiger partial charge in [0.2, 0.25) is 0 Å². The highest BCUT2D eigenvalue weighted by Crippen LogP contribution is 2.25. The molecule has 0 aliphatic carbocycles. The fourth-order valence-electron chi connectivity index (χ4n) is 1.01. The molecule has 0 bridgehead atoms. The van der Waals surface area contributed by atoms with Gasteiger partial charge in [-0.3, -0.25) is 0 Å². The zero-order valence-corrected chi connectivity index (χ0v) is 7.40. The van der Waals surface area contributed by atoms with Crippen LogP contribution in [0.5, 0.6) is 0 Å². The molecular formula is C9H12OS. The van der Waals surface area contributed by atoms with Gasteiger partial charge in [0.15, 0.2) is 0 Å². The molecule has 1 heterocycles. The van der Waals surface area contributed by atoms with Crippen molar-refractivity contribution < 1.29 is 5.11 Å². The molecule has 0 aliphatic rings. The summed E-state index contributed by atoms with van der Waals surface area (Å²) < 4.78 is 0. The predicted octanol–water partition coefficient (Wildman–Crippen LogP) is 2.53. The second-order valence-corrected chi connectivity index (χ2v) is 3.29. The second kappa shape index (κ2) is 3.69. The molecule has 0 aromatic carbocycles. The standard InChI is InChI=1S/C9H12OS/c1-3-7-5-6-11-9(7)8(10)4-2/h4-6,8,10H,2-3H2,1H3. The van der Waals surface area contributed by atoms with Gasteiger partial charge in [-0.25, -0.2) is 0 Å². The van der Waals surface area contributed by atoms with E-state index in [4.69, 9.17) is 0 Å². The van der Waals surface area contributed by atoms with Crippen LogP contribution in [0.3, 0.4) is 0 Å². The van der Waals surface area contributed by atoms with Gasteiger partial charge in [-0.2, -0.15) is 0 Å². The van der Waals surface area contributed by atoms with Gasteiger partial charge >= 0.3 is 0 Å². The van der Waals surface area contributed by atoms with E-state index in [2.05, 4.69) is 13.5 Å². The van der Waals surface area contributed by atoms with E-state index >= 15 is 0 Å². The van der Waals surface area contributed by atoms with Gasteiger partial charge in [0.25, 0.3) is 0 Å². The Labute approximate surface area is 71.0 Å². The Bertz CT molecular complexity index is 239. The van der Waals surface area contributed by atoms with Crippen molar-refractivity contribution in [1.29, 1.82) is 0 Å². The lowest BCUT2D eigenvalue weighted by Gasteiger charge is -2.03. The van der Waals surface area contributed by atoms with Crippen LogP contribution in [-0.4, -0.2) is 5.11 Å². The summed E-state index contributed by atoms with van der Waals surface area (Å²) in [7, 11) is 0. The van der Waals surface area contributed by atoms with Crippen LogP contribution in [0.25, 0.3) is 0 Å². The van der Waals surface area contributed by atoms with Crippen molar-refractivity contribution in [3.63, 3.8) is 0 Å². The maximum Gasteiger partial charge on any atom is 0.106 e. The molecule has 1 N–H and O–H groups in total. The van der Waals surface area contributed by atoms with Crippen LogP contribution in [0.1, 0.15) is 23.5 Å². The first kappa shape index (κ1) is 8.50. The molecule has 0 fully saturated rings. The van der Waals surface area contributed by atoms with Gasteiger partial charge in [0, 0.05) is 4.88 Å². The molecule has 60 valence electrons. The highest BCUT2D eigenvalue weighted by Gasteiger charge is 2.08. The summed E-state index contributed by atoms with van der Waals surface area (Å²) in [5, 5.41) is 11.4. The molecule has 1 rings (SSSR count). The van der Waals surface area contributed by atoms with Gasteiger partial charge in [0.1, 0.15) is 6.10 Å². The van der Waals surface area contributed by atoms with Gasteiger partial charge in [0.05, 0.1) is 0 Å². The van der Waals surface area contributed by atoms with Crippen LogP contribution >= 0.6 is 11.3 Å². The SMILES string of the molecule is C=CC(O)c1sccc1CC. The fraction of sp³-hybridized carbons (Fsp3) is 0.333. The van der Waals surface area contributed by atoms with Gasteiger partial charge < -0.3 is 5.11 Å². The van der Waals surface area contributed by atoms with E-state index in [0.717, 1.165) is 11.3 Å². The van der Waals surface area contributed by atoms with Crippen molar-refractivity contribution in [3.8, 4) is 0 Å². The molecule has 0 aliphatic heterocycles. The van der Waals surface area contributed by atoms with E-state index in [1.807, 2.05) is 11.4 Å². The quantitative estimate of drug-likeness (QED) is 0.688. The molecule has 0 spiro atoms. The second-order valence-electron chi connectivity index (χ2n) is 2.34. The Hall–Kier alpha value is -0.600. The van der Waals surface area contributed by atoms with Crippen LogP contribution < -0.4 is 0 Å². The van der Waals surface area contributed by atoms with E-state index in [-0.39, 0.29) is 0 Å². The third-order valence-corrected chi connectivity index (χ3v) is 2.68. The highest BCUT2D eigenvalue weighted by molar-refractivity contribution is 7.10. The molecule has 1 aromatic rings. The molecule has 0 amide bonds. The minimum atomic E-state index is -0.482. The van der Waals surface area contributed by atoms with Gasteiger partial charge in [-0.15, -0.1) is 17.9 Å². The van der Waals surface area contributed by atoms with Crippen molar-refractivity contribution >= 4 is 11.3 Å². The summed E-state index contributed by atoms with van der Waals surface area (Å²) in [5.74, 6) is 0. The fourth-order valence-corrected chi connectivity index (χ4v) is 1.98.